The van der Waals surface area contributed by atoms with E-state index in [1.54, 1.807) is 18.1 Å². The van der Waals surface area contributed by atoms with E-state index in [4.69, 9.17) is 4.74 Å². The van der Waals surface area contributed by atoms with E-state index in [2.05, 4.69) is 44.9 Å². The molecule has 0 saturated carbocycles. The number of benzene rings is 1. The highest BCUT2D eigenvalue weighted by Crippen LogP contribution is 2.12. The third-order valence-corrected chi connectivity index (χ3v) is 4.99. The van der Waals surface area contributed by atoms with E-state index in [0.717, 1.165) is 25.3 Å². The second-order valence-corrected chi connectivity index (χ2v) is 7.08. The van der Waals surface area contributed by atoms with Crippen molar-refractivity contribution in [3.63, 3.8) is 0 Å². The molecule has 29 heavy (non-hydrogen) atoms. The Hall–Kier alpha value is -3.03. The van der Waals surface area contributed by atoms with E-state index in [-0.39, 0.29) is 6.09 Å². The van der Waals surface area contributed by atoms with Gasteiger partial charge in [-0.3, -0.25) is 4.99 Å². The van der Waals surface area contributed by atoms with Crippen LogP contribution < -0.4 is 10.6 Å². The van der Waals surface area contributed by atoms with Gasteiger partial charge in [-0.25, -0.2) is 9.78 Å². The summed E-state index contributed by atoms with van der Waals surface area (Å²) in [5.74, 6) is 0.780. The highest BCUT2D eigenvalue weighted by molar-refractivity contribution is 5.80. The summed E-state index contributed by atoms with van der Waals surface area (Å²) in [5, 5.41) is 6.83. The zero-order valence-corrected chi connectivity index (χ0v) is 17.2. The minimum Gasteiger partial charge on any atom is -0.450 e. The maximum absolute atomic E-state index is 11.8. The van der Waals surface area contributed by atoms with E-state index in [1.807, 2.05) is 24.0 Å². The fourth-order valence-electron chi connectivity index (χ4n) is 3.35. The standard InChI is InChI=1S/C21H30N6O2/c1-3-29-21(28)27-11-8-19(9-12-27)25-20(22-2)24-14-17-4-6-18(7-5-17)15-26-13-10-23-16-26/h4-7,10,13,16,19H,3,8-9,11-12,14-15H2,1-2H3,(H2,22,24,25). The van der Waals surface area contributed by atoms with E-state index in [0.29, 0.717) is 32.3 Å². The molecule has 0 radical (unpaired) electrons. The normalized spacial score (nSPS) is 15.2. The minimum atomic E-state index is -0.218. The average molecular weight is 399 g/mol. The van der Waals surface area contributed by atoms with E-state index < -0.39 is 0 Å². The summed E-state index contributed by atoms with van der Waals surface area (Å²) in [5.41, 5.74) is 2.43. The van der Waals surface area contributed by atoms with Crippen LogP contribution in [0, 0.1) is 0 Å². The summed E-state index contributed by atoms with van der Waals surface area (Å²) < 4.78 is 7.12. The molecule has 2 N–H and O–H groups in total. The van der Waals surface area contributed by atoms with Crippen LogP contribution in [0.15, 0.2) is 48.0 Å². The van der Waals surface area contributed by atoms with Crippen molar-refractivity contribution in [3.05, 3.63) is 54.1 Å². The van der Waals surface area contributed by atoms with Gasteiger partial charge in [-0.2, -0.15) is 0 Å². The number of hydrogen-bond acceptors (Lipinski definition) is 4. The van der Waals surface area contributed by atoms with Gasteiger partial charge in [0.15, 0.2) is 5.96 Å². The first kappa shape index (κ1) is 20.7. The molecule has 3 rings (SSSR count). The highest BCUT2D eigenvalue weighted by Gasteiger charge is 2.23. The molecule has 0 unspecified atom stereocenters. The number of piperidine rings is 1. The first-order chi connectivity index (χ1) is 14.2. The quantitative estimate of drug-likeness (QED) is 0.576. The van der Waals surface area contributed by atoms with Gasteiger partial charge in [-0.05, 0) is 30.9 Å². The molecule has 2 heterocycles. The molecule has 1 aromatic heterocycles. The van der Waals surface area contributed by atoms with Gasteiger partial charge in [-0.15, -0.1) is 0 Å². The third kappa shape index (κ3) is 6.23. The van der Waals surface area contributed by atoms with Gasteiger partial charge in [-0.1, -0.05) is 24.3 Å². The van der Waals surface area contributed by atoms with Gasteiger partial charge in [0.05, 0.1) is 12.9 Å². The molecule has 0 aliphatic carbocycles. The number of amides is 1. The number of likely N-dealkylation sites (tertiary alicyclic amines) is 1. The number of nitrogens with one attached hydrogen (secondary N) is 2. The summed E-state index contributed by atoms with van der Waals surface area (Å²) in [6, 6.07) is 8.83. The second kappa shape index (κ2) is 10.5. The Bertz CT molecular complexity index is 780. The Balaban J connectivity index is 1.42. The van der Waals surface area contributed by atoms with Gasteiger partial charge in [0.1, 0.15) is 0 Å². The van der Waals surface area contributed by atoms with Crippen molar-refractivity contribution in [1.29, 1.82) is 0 Å². The molecule has 156 valence electrons. The Kier molecular flexibility index (Phi) is 7.49. The molecule has 1 amide bonds. The topological polar surface area (TPSA) is 83.8 Å². The molecule has 1 aromatic carbocycles. The number of nitrogens with zero attached hydrogens (tertiary/aromatic N) is 4. The lowest BCUT2D eigenvalue weighted by Gasteiger charge is -2.32. The maximum atomic E-state index is 11.8. The molecule has 0 atom stereocenters. The first-order valence-electron chi connectivity index (χ1n) is 10.1. The number of aromatic nitrogens is 2. The summed E-state index contributed by atoms with van der Waals surface area (Å²) in [6.45, 7) is 5.17. The highest BCUT2D eigenvalue weighted by atomic mass is 16.6. The molecule has 8 nitrogen and oxygen atoms in total. The van der Waals surface area contributed by atoms with Gasteiger partial charge in [0, 0.05) is 51.7 Å². The molecule has 8 heteroatoms. The molecule has 0 spiro atoms. The van der Waals surface area contributed by atoms with Crippen molar-refractivity contribution >= 4 is 12.1 Å². The van der Waals surface area contributed by atoms with Crippen molar-refractivity contribution in [2.75, 3.05) is 26.7 Å². The number of carbonyl (C=O) groups excluding carboxylic acids is 1. The fraction of sp³-hybridized carbons (Fsp3) is 0.476. The molecule has 1 aliphatic rings. The van der Waals surface area contributed by atoms with Crippen molar-refractivity contribution in [2.45, 2.75) is 38.9 Å². The molecule has 1 aliphatic heterocycles. The van der Waals surface area contributed by atoms with Gasteiger partial charge < -0.3 is 24.8 Å². The van der Waals surface area contributed by atoms with Crippen LogP contribution in [0.2, 0.25) is 0 Å². The molecular formula is C21H30N6O2. The Morgan fingerprint density at radius 3 is 2.59 bits per heavy atom. The number of carbonyl (C=O) groups is 1. The molecular weight excluding hydrogens is 368 g/mol. The Labute approximate surface area is 172 Å². The maximum Gasteiger partial charge on any atom is 0.409 e. The van der Waals surface area contributed by atoms with Crippen LogP contribution in [0.1, 0.15) is 30.9 Å². The lowest BCUT2D eigenvalue weighted by Crippen LogP contribution is -2.49. The van der Waals surface area contributed by atoms with Crippen LogP contribution in [0.25, 0.3) is 0 Å². The van der Waals surface area contributed by atoms with Crippen molar-refractivity contribution in [2.24, 2.45) is 4.99 Å². The monoisotopic (exact) mass is 398 g/mol. The summed E-state index contributed by atoms with van der Waals surface area (Å²) in [7, 11) is 1.78. The number of imidazole rings is 1. The van der Waals surface area contributed by atoms with Crippen LogP contribution in [0.5, 0.6) is 0 Å². The molecule has 1 saturated heterocycles. The van der Waals surface area contributed by atoms with Crippen LogP contribution in [-0.4, -0.2) is 59.3 Å². The van der Waals surface area contributed by atoms with E-state index in [9.17, 15) is 4.79 Å². The van der Waals surface area contributed by atoms with E-state index in [1.165, 1.54) is 11.1 Å². The predicted molar refractivity (Wildman–Crippen MR) is 113 cm³/mol. The summed E-state index contributed by atoms with van der Waals surface area (Å²) >= 11 is 0. The lowest BCUT2D eigenvalue weighted by molar-refractivity contribution is 0.0963. The van der Waals surface area contributed by atoms with Crippen LogP contribution in [0.3, 0.4) is 0 Å². The molecule has 1 fully saturated rings. The van der Waals surface area contributed by atoms with Gasteiger partial charge >= 0.3 is 6.09 Å². The fourth-order valence-corrected chi connectivity index (χ4v) is 3.35. The number of rotatable bonds is 6. The van der Waals surface area contributed by atoms with Crippen molar-refractivity contribution in [3.8, 4) is 0 Å². The van der Waals surface area contributed by atoms with Crippen molar-refractivity contribution < 1.29 is 9.53 Å². The second-order valence-electron chi connectivity index (χ2n) is 7.08. The Morgan fingerprint density at radius 1 is 1.24 bits per heavy atom. The average Bonchev–Trinajstić information content (AvgIpc) is 3.26. The molecule has 2 aromatic rings. The number of ether oxygens (including phenoxy) is 1. The number of hydrogen-bond donors (Lipinski definition) is 2. The van der Waals surface area contributed by atoms with Crippen LogP contribution in [-0.2, 0) is 17.8 Å². The zero-order valence-electron chi connectivity index (χ0n) is 17.2. The predicted octanol–water partition coefficient (Wildman–Crippen LogP) is 2.22. The first-order valence-corrected chi connectivity index (χ1v) is 10.1. The summed E-state index contributed by atoms with van der Waals surface area (Å²) in [4.78, 5) is 22.0. The minimum absolute atomic E-state index is 0.218. The van der Waals surface area contributed by atoms with Crippen molar-refractivity contribution in [1.82, 2.24) is 25.1 Å². The molecule has 0 bridgehead atoms. The smallest absolute Gasteiger partial charge is 0.409 e. The lowest BCUT2D eigenvalue weighted by atomic mass is 10.1. The number of aliphatic imine (C=N–C) groups is 1. The Morgan fingerprint density at radius 2 is 1.97 bits per heavy atom. The number of guanidine groups is 1. The third-order valence-electron chi connectivity index (χ3n) is 4.99. The van der Waals surface area contributed by atoms with Crippen LogP contribution >= 0.6 is 0 Å². The zero-order chi connectivity index (χ0) is 20.5. The van der Waals surface area contributed by atoms with E-state index >= 15 is 0 Å². The summed E-state index contributed by atoms with van der Waals surface area (Å²) in [6.07, 6.45) is 7.11. The SMILES string of the molecule is CCOC(=O)N1CCC(NC(=NC)NCc2ccc(Cn3ccnc3)cc2)CC1. The largest absolute Gasteiger partial charge is 0.450 e. The van der Waals surface area contributed by atoms with Crippen LogP contribution in [0.4, 0.5) is 4.79 Å². The van der Waals surface area contributed by atoms with Gasteiger partial charge in [0.25, 0.3) is 0 Å². The van der Waals surface area contributed by atoms with Gasteiger partial charge in [0.2, 0.25) is 0 Å².